The summed E-state index contributed by atoms with van der Waals surface area (Å²) in [6, 6.07) is 11.5. The van der Waals surface area contributed by atoms with Crippen LogP contribution in [0, 0.1) is 5.92 Å². The molecule has 1 unspecified atom stereocenters. The third kappa shape index (κ3) is 1.44. The number of allylic oxidation sites excluding steroid dienone is 1. The van der Waals surface area contributed by atoms with Crippen molar-refractivity contribution in [3.63, 3.8) is 0 Å². The molecule has 1 aliphatic heterocycles. The molecular weight excluding hydrogens is 280 g/mol. The summed E-state index contributed by atoms with van der Waals surface area (Å²) in [6.45, 7) is 0. The van der Waals surface area contributed by atoms with Gasteiger partial charge in [0.1, 0.15) is 0 Å². The molecule has 3 aromatic rings. The van der Waals surface area contributed by atoms with Crippen LogP contribution in [0.5, 0.6) is 0 Å². The summed E-state index contributed by atoms with van der Waals surface area (Å²) < 4.78 is 1.42. The number of fused-ring (bicyclic) bond motifs is 5. The molecule has 0 fully saturated rings. The number of benzene rings is 2. The van der Waals surface area contributed by atoms with Crippen molar-refractivity contribution in [2.75, 3.05) is 0 Å². The van der Waals surface area contributed by atoms with Crippen molar-refractivity contribution in [1.82, 2.24) is 0 Å². The van der Waals surface area contributed by atoms with E-state index in [1.807, 2.05) is 23.1 Å². The minimum Gasteiger partial charge on any atom is -0.143 e. The SMILES string of the molecule is C1=CC2CC=c3cc4c(ccc5ccsc54)cc3=C2S1. The van der Waals surface area contributed by atoms with Crippen LogP contribution in [-0.4, -0.2) is 0 Å². The fourth-order valence-corrected chi connectivity index (χ4v) is 5.28. The Kier molecular flexibility index (Phi) is 2.24. The summed E-state index contributed by atoms with van der Waals surface area (Å²) in [5.74, 6) is 0.621. The molecule has 0 radical (unpaired) electrons. The lowest BCUT2D eigenvalue weighted by atomic mass is 9.95. The van der Waals surface area contributed by atoms with Crippen molar-refractivity contribution in [1.29, 1.82) is 0 Å². The molecule has 2 aromatic carbocycles. The summed E-state index contributed by atoms with van der Waals surface area (Å²) in [5.41, 5.74) is 0. The molecule has 0 amide bonds. The third-order valence-corrected chi connectivity index (χ3v) is 6.34. The largest absolute Gasteiger partial charge is 0.143 e. The molecule has 0 bridgehead atoms. The van der Waals surface area contributed by atoms with Gasteiger partial charge in [0.05, 0.1) is 0 Å². The molecule has 5 rings (SSSR count). The van der Waals surface area contributed by atoms with Crippen molar-refractivity contribution in [2.24, 2.45) is 5.92 Å². The Morgan fingerprint density at radius 2 is 2.00 bits per heavy atom. The number of thioether (sulfide) groups is 1. The van der Waals surface area contributed by atoms with Crippen LogP contribution in [0.15, 0.2) is 47.2 Å². The topological polar surface area (TPSA) is 0 Å². The van der Waals surface area contributed by atoms with Gasteiger partial charge in [-0.25, -0.2) is 0 Å². The van der Waals surface area contributed by atoms with Gasteiger partial charge < -0.3 is 0 Å². The number of thiophene rings is 1. The molecular formula is C18H12S2. The standard InChI is InChI=1S/C18H12S2/c1-3-13-9-16-14(4-2-12-6-8-20-18(12)16)10-15(13)17-11(1)5-7-19-17/h1,3-10,12H,2H2. The maximum Gasteiger partial charge on any atom is 0.0421 e. The highest BCUT2D eigenvalue weighted by atomic mass is 32.2. The maximum absolute atomic E-state index is 2.41. The average molecular weight is 292 g/mol. The van der Waals surface area contributed by atoms with Gasteiger partial charge in [-0.05, 0) is 56.6 Å². The highest BCUT2D eigenvalue weighted by Gasteiger charge is 2.19. The molecule has 2 heteroatoms. The molecule has 2 heterocycles. The number of hydrogen-bond acceptors (Lipinski definition) is 2. The van der Waals surface area contributed by atoms with Gasteiger partial charge in [-0.1, -0.05) is 24.3 Å². The van der Waals surface area contributed by atoms with Crippen LogP contribution in [0.2, 0.25) is 0 Å². The molecule has 1 aromatic heterocycles. The monoisotopic (exact) mass is 292 g/mol. The van der Waals surface area contributed by atoms with E-state index in [1.165, 1.54) is 36.2 Å². The van der Waals surface area contributed by atoms with Crippen molar-refractivity contribution in [2.45, 2.75) is 6.42 Å². The maximum atomic E-state index is 2.41. The first-order chi connectivity index (χ1) is 9.90. The van der Waals surface area contributed by atoms with Gasteiger partial charge >= 0.3 is 0 Å². The predicted molar refractivity (Wildman–Crippen MR) is 91.3 cm³/mol. The van der Waals surface area contributed by atoms with Crippen molar-refractivity contribution < 1.29 is 0 Å². The van der Waals surface area contributed by atoms with E-state index in [9.17, 15) is 0 Å². The first-order valence-electron chi connectivity index (χ1n) is 6.88. The van der Waals surface area contributed by atoms with E-state index in [1.54, 1.807) is 0 Å². The minimum atomic E-state index is 0.621. The average Bonchev–Trinajstić information content (AvgIpc) is 3.13. The van der Waals surface area contributed by atoms with E-state index < -0.39 is 0 Å². The molecule has 20 heavy (non-hydrogen) atoms. The first-order valence-corrected chi connectivity index (χ1v) is 8.64. The molecule has 0 saturated carbocycles. The molecule has 1 atom stereocenters. The zero-order valence-electron chi connectivity index (χ0n) is 10.8. The van der Waals surface area contributed by atoms with Gasteiger partial charge in [0.25, 0.3) is 0 Å². The van der Waals surface area contributed by atoms with Gasteiger partial charge in [0.15, 0.2) is 0 Å². The van der Waals surface area contributed by atoms with Crippen LogP contribution >= 0.6 is 23.1 Å². The lowest BCUT2D eigenvalue weighted by Crippen LogP contribution is -2.30. The van der Waals surface area contributed by atoms with Gasteiger partial charge in [0.2, 0.25) is 0 Å². The van der Waals surface area contributed by atoms with Crippen LogP contribution in [-0.2, 0) is 0 Å². The second-order valence-corrected chi connectivity index (χ2v) is 7.29. The molecule has 1 aliphatic carbocycles. The molecule has 0 N–H and O–H groups in total. The smallest absolute Gasteiger partial charge is 0.0421 e. The van der Waals surface area contributed by atoms with E-state index in [0.717, 1.165) is 6.42 Å². The van der Waals surface area contributed by atoms with Crippen LogP contribution < -0.4 is 10.4 Å². The minimum absolute atomic E-state index is 0.621. The number of hydrogen-bond donors (Lipinski definition) is 0. The molecule has 0 nitrogen and oxygen atoms in total. The van der Waals surface area contributed by atoms with Crippen LogP contribution in [0.4, 0.5) is 0 Å². The highest BCUT2D eigenvalue weighted by Crippen LogP contribution is 2.37. The Labute approximate surface area is 125 Å². The van der Waals surface area contributed by atoms with Gasteiger partial charge in [-0.3, -0.25) is 0 Å². The summed E-state index contributed by atoms with van der Waals surface area (Å²) in [5, 5.41) is 11.4. The van der Waals surface area contributed by atoms with Gasteiger partial charge in [-0.2, -0.15) is 0 Å². The molecule has 0 saturated heterocycles. The van der Waals surface area contributed by atoms with E-state index >= 15 is 0 Å². The Balaban J connectivity index is 1.99. The lowest BCUT2D eigenvalue weighted by molar-refractivity contribution is 0.893. The zero-order valence-corrected chi connectivity index (χ0v) is 12.4. The quantitative estimate of drug-likeness (QED) is 0.598. The number of rotatable bonds is 0. The molecule has 0 spiro atoms. The lowest BCUT2D eigenvalue weighted by Gasteiger charge is -2.14. The predicted octanol–water partition coefficient (Wildman–Crippen LogP) is 4.22. The van der Waals surface area contributed by atoms with Crippen LogP contribution in [0.1, 0.15) is 6.42 Å². The second-order valence-electron chi connectivity index (χ2n) is 5.42. The van der Waals surface area contributed by atoms with E-state index in [2.05, 4.69) is 53.3 Å². The van der Waals surface area contributed by atoms with E-state index in [0.29, 0.717) is 5.92 Å². The van der Waals surface area contributed by atoms with Crippen molar-refractivity contribution in [3.8, 4) is 0 Å². The zero-order chi connectivity index (χ0) is 13.1. The van der Waals surface area contributed by atoms with Crippen molar-refractivity contribution >= 4 is 54.9 Å². The van der Waals surface area contributed by atoms with E-state index in [-0.39, 0.29) is 0 Å². The van der Waals surface area contributed by atoms with Gasteiger partial charge in [0, 0.05) is 20.9 Å². The highest BCUT2D eigenvalue weighted by molar-refractivity contribution is 8.10. The van der Waals surface area contributed by atoms with E-state index in [4.69, 9.17) is 0 Å². The van der Waals surface area contributed by atoms with Crippen molar-refractivity contribution in [3.05, 3.63) is 57.6 Å². The van der Waals surface area contributed by atoms with Crippen LogP contribution in [0.25, 0.3) is 31.8 Å². The van der Waals surface area contributed by atoms with Crippen LogP contribution in [0.3, 0.4) is 0 Å². The Morgan fingerprint density at radius 1 is 1.05 bits per heavy atom. The molecule has 2 aliphatic rings. The second kappa shape index (κ2) is 4.00. The summed E-state index contributed by atoms with van der Waals surface area (Å²) in [6.07, 6.45) is 5.90. The Hall–Kier alpha value is -1.51. The Bertz CT molecular complexity index is 1000. The fourth-order valence-electron chi connectivity index (χ4n) is 3.28. The fraction of sp³-hybridized carbons (Fsp3) is 0.111. The Morgan fingerprint density at radius 3 is 3.00 bits per heavy atom. The first kappa shape index (κ1) is 11.2. The summed E-state index contributed by atoms with van der Waals surface area (Å²) in [4.78, 5) is 1.54. The third-order valence-electron chi connectivity index (χ3n) is 4.30. The summed E-state index contributed by atoms with van der Waals surface area (Å²) >= 11 is 3.75. The van der Waals surface area contributed by atoms with Gasteiger partial charge in [-0.15, -0.1) is 23.1 Å². The summed E-state index contributed by atoms with van der Waals surface area (Å²) in [7, 11) is 0. The molecule has 96 valence electrons. The normalized spacial score (nSPS) is 20.2.